The zero-order valence-corrected chi connectivity index (χ0v) is 15.9. The monoisotopic (exact) mass is 388 g/mol. The minimum Gasteiger partial charge on any atom is -0.335 e. The van der Waals surface area contributed by atoms with Crippen LogP contribution in [-0.4, -0.2) is 47.8 Å². The molecule has 1 aliphatic rings. The second kappa shape index (κ2) is 8.27. The van der Waals surface area contributed by atoms with E-state index in [1.54, 1.807) is 15.9 Å². The fraction of sp³-hybridized carbons (Fsp3) is 0.167. The Hall–Kier alpha value is -3.47. The Labute approximate surface area is 169 Å². The van der Waals surface area contributed by atoms with E-state index in [2.05, 4.69) is 0 Å². The van der Waals surface area contributed by atoms with E-state index in [0.717, 1.165) is 11.1 Å². The summed E-state index contributed by atoms with van der Waals surface area (Å²) >= 11 is 0. The highest BCUT2D eigenvalue weighted by Crippen LogP contribution is 2.21. The Bertz CT molecular complexity index is 1030. The number of rotatable bonds is 3. The third-order valence-electron chi connectivity index (χ3n) is 5.14. The van der Waals surface area contributed by atoms with E-state index >= 15 is 0 Å². The first-order chi connectivity index (χ1) is 14.1. The summed E-state index contributed by atoms with van der Waals surface area (Å²) in [5.74, 6) is -0.675. The lowest BCUT2D eigenvalue weighted by atomic mass is 10.0. The van der Waals surface area contributed by atoms with Crippen molar-refractivity contribution in [3.63, 3.8) is 0 Å². The molecule has 4 rings (SSSR count). The first-order valence-corrected chi connectivity index (χ1v) is 9.61. The molecule has 1 heterocycles. The number of benzene rings is 3. The minimum absolute atomic E-state index is 0.0411. The molecule has 4 nitrogen and oxygen atoms in total. The summed E-state index contributed by atoms with van der Waals surface area (Å²) in [4.78, 5) is 28.9. The van der Waals surface area contributed by atoms with Gasteiger partial charge in [0.15, 0.2) is 0 Å². The quantitative estimate of drug-likeness (QED) is 0.678. The van der Waals surface area contributed by atoms with Crippen LogP contribution in [0, 0.1) is 5.82 Å². The maximum absolute atomic E-state index is 13.4. The fourth-order valence-electron chi connectivity index (χ4n) is 3.56. The third-order valence-corrected chi connectivity index (χ3v) is 5.14. The molecule has 1 fully saturated rings. The Morgan fingerprint density at radius 2 is 1.14 bits per heavy atom. The van der Waals surface area contributed by atoms with Gasteiger partial charge in [-0.15, -0.1) is 0 Å². The van der Waals surface area contributed by atoms with Crippen molar-refractivity contribution in [1.82, 2.24) is 9.80 Å². The van der Waals surface area contributed by atoms with Gasteiger partial charge in [-0.25, -0.2) is 4.39 Å². The smallest absolute Gasteiger partial charge is 0.254 e. The number of halogens is 1. The van der Waals surface area contributed by atoms with Gasteiger partial charge >= 0.3 is 0 Å². The zero-order valence-electron chi connectivity index (χ0n) is 15.9. The number of hydrogen-bond acceptors (Lipinski definition) is 2. The molecule has 0 N–H and O–H groups in total. The van der Waals surface area contributed by atoms with Gasteiger partial charge in [0.05, 0.1) is 0 Å². The van der Waals surface area contributed by atoms with E-state index in [1.807, 2.05) is 54.6 Å². The van der Waals surface area contributed by atoms with E-state index in [1.165, 1.54) is 18.2 Å². The molecule has 3 aromatic carbocycles. The largest absolute Gasteiger partial charge is 0.335 e. The predicted octanol–water partition coefficient (Wildman–Crippen LogP) is 4.09. The lowest BCUT2D eigenvalue weighted by molar-refractivity contribution is 0.0535. The molecular formula is C24H21FN2O2. The molecule has 0 unspecified atom stereocenters. The molecule has 1 aliphatic heterocycles. The lowest BCUT2D eigenvalue weighted by Gasteiger charge is -2.35. The first-order valence-electron chi connectivity index (χ1n) is 9.61. The highest BCUT2D eigenvalue weighted by atomic mass is 19.1. The Morgan fingerprint density at radius 3 is 1.72 bits per heavy atom. The zero-order chi connectivity index (χ0) is 20.2. The van der Waals surface area contributed by atoms with Gasteiger partial charge in [0, 0.05) is 37.3 Å². The van der Waals surface area contributed by atoms with Crippen LogP contribution >= 0.6 is 0 Å². The Morgan fingerprint density at radius 1 is 0.621 bits per heavy atom. The van der Waals surface area contributed by atoms with Crippen molar-refractivity contribution in [3.8, 4) is 11.1 Å². The van der Waals surface area contributed by atoms with E-state index in [0.29, 0.717) is 37.3 Å². The molecule has 0 spiro atoms. The topological polar surface area (TPSA) is 40.6 Å². The molecule has 5 heteroatoms. The maximum Gasteiger partial charge on any atom is 0.254 e. The van der Waals surface area contributed by atoms with Crippen molar-refractivity contribution in [2.75, 3.05) is 26.2 Å². The fourth-order valence-corrected chi connectivity index (χ4v) is 3.56. The lowest BCUT2D eigenvalue weighted by Crippen LogP contribution is -2.50. The van der Waals surface area contributed by atoms with Crippen LogP contribution in [-0.2, 0) is 0 Å². The van der Waals surface area contributed by atoms with Crippen molar-refractivity contribution in [1.29, 1.82) is 0 Å². The van der Waals surface area contributed by atoms with E-state index in [9.17, 15) is 14.0 Å². The van der Waals surface area contributed by atoms with Crippen LogP contribution < -0.4 is 0 Å². The summed E-state index contributed by atoms with van der Waals surface area (Å²) in [7, 11) is 0. The molecular weight excluding hydrogens is 367 g/mol. The molecule has 0 bridgehead atoms. The van der Waals surface area contributed by atoms with Crippen molar-refractivity contribution in [2.24, 2.45) is 0 Å². The van der Waals surface area contributed by atoms with Gasteiger partial charge in [-0.2, -0.15) is 0 Å². The summed E-state index contributed by atoms with van der Waals surface area (Å²) in [6, 6.07) is 23.2. The highest BCUT2D eigenvalue weighted by Gasteiger charge is 2.25. The Kier molecular flexibility index (Phi) is 5.38. The molecule has 0 atom stereocenters. The van der Waals surface area contributed by atoms with Gasteiger partial charge in [-0.3, -0.25) is 9.59 Å². The molecule has 0 saturated carbocycles. The molecule has 0 radical (unpaired) electrons. The Balaban J connectivity index is 1.42. The maximum atomic E-state index is 13.4. The molecule has 0 aliphatic carbocycles. The second-order valence-corrected chi connectivity index (χ2v) is 7.04. The highest BCUT2D eigenvalue weighted by molar-refractivity contribution is 5.96. The molecule has 0 aromatic heterocycles. The van der Waals surface area contributed by atoms with Crippen LogP contribution in [0.15, 0.2) is 78.9 Å². The van der Waals surface area contributed by atoms with Crippen LogP contribution in [0.2, 0.25) is 0 Å². The van der Waals surface area contributed by atoms with E-state index in [-0.39, 0.29) is 11.8 Å². The van der Waals surface area contributed by atoms with E-state index in [4.69, 9.17) is 0 Å². The third kappa shape index (κ3) is 4.19. The number of amides is 2. The molecule has 2 amide bonds. The van der Waals surface area contributed by atoms with Gasteiger partial charge in [-0.05, 0) is 41.5 Å². The van der Waals surface area contributed by atoms with Gasteiger partial charge < -0.3 is 9.80 Å². The molecule has 29 heavy (non-hydrogen) atoms. The van der Waals surface area contributed by atoms with Crippen LogP contribution in [0.1, 0.15) is 20.7 Å². The van der Waals surface area contributed by atoms with Crippen LogP contribution in [0.4, 0.5) is 4.39 Å². The van der Waals surface area contributed by atoms with E-state index < -0.39 is 5.82 Å². The van der Waals surface area contributed by atoms with Gasteiger partial charge in [-0.1, -0.05) is 48.5 Å². The summed E-state index contributed by atoms with van der Waals surface area (Å²) in [6.45, 7) is 1.77. The summed E-state index contributed by atoms with van der Waals surface area (Å²) in [6.07, 6.45) is 0. The van der Waals surface area contributed by atoms with Crippen molar-refractivity contribution in [3.05, 3.63) is 95.8 Å². The van der Waals surface area contributed by atoms with Gasteiger partial charge in [0.25, 0.3) is 11.8 Å². The van der Waals surface area contributed by atoms with Gasteiger partial charge in [0.1, 0.15) is 5.82 Å². The van der Waals surface area contributed by atoms with Crippen molar-refractivity contribution >= 4 is 11.8 Å². The SMILES string of the molecule is O=C(c1cccc(F)c1)N1CCN(C(=O)c2cccc(-c3ccccc3)c2)CC1. The number of piperazine rings is 1. The number of nitrogens with zero attached hydrogens (tertiary/aromatic N) is 2. The molecule has 146 valence electrons. The summed E-state index contributed by atoms with van der Waals surface area (Å²) in [5.41, 5.74) is 3.03. The standard InChI is InChI=1S/C24H21FN2O2/c25-22-11-5-10-21(17-22)24(29)27-14-12-26(13-15-27)23(28)20-9-4-8-19(16-20)18-6-2-1-3-7-18/h1-11,16-17H,12-15H2. The first kappa shape index (κ1) is 18.9. The number of carbonyl (C=O) groups is 2. The summed E-state index contributed by atoms with van der Waals surface area (Å²) < 4.78 is 13.4. The molecule has 3 aromatic rings. The molecule has 1 saturated heterocycles. The van der Waals surface area contributed by atoms with Crippen LogP contribution in [0.25, 0.3) is 11.1 Å². The second-order valence-electron chi connectivity index (χ2n) is 7.04. The van der Waals surface area contributed by atoms with Crippen LogP contribution in [0.5, 0.6) is 0 Å². The van der Waals surface area contributed by atoms with Crippen molar-refractivity contribution < 1.29 is 14.0 Å². The number of carbonyl (C=O) groups excluding carboxylic acids is 2. The van der Waals surface area contributed by atoms with Crippen LogP contribution in [0.3, 0.4) is 0 Å². The predicted molar refractivity (Wildman–Crippen MR) is 110 cm³/mol. The average Bonchev–Trinajstić information content (AvgIpc) is 2.79. The minimum atomic E-state index is -0.428. The van der Waals surface area contributed by atoms with Gasteiger partial charge in [0.2, 0.25) is 0 Å². The normalized spacial score (nSPS) is 14.0. The van der Waals surface area contributed by atoms with Crippen molar-refractivity contribution in [2.45, 2.75) is 0 Å². The number of hydrogen-bond donors (Lipinski definition) is 0. The average molecular weight is 388 g/mol. The summed E-state index contributed by atoms with van der Waals surface area (Å²) in [5, 5.41) is 0.